The van der Waals surface area contributed by atoms with Crippen LogP contribution in [0.2, 0.25) is 0 Å². The molecular weight excluding hydrogens is 134 g/mol. The Labute approximate surface area is 59.5 Å². The molecule has 1 saturated heterocycles. The lowest BCUT2D eigenvalue weighted by atomic mass is 10.0. The third-order valence-electron chi connectivity index (χ3n) is 1.81. The summed E-state index contributed by atoms with van der Waals surface area (Å²) in [7, 11) is 0. The highest BCUT2D eigenvalue weighted by Crippen LogP contribution is 2.07. The molecule has 4 nitrogen and oxygen atoms in total. The minimum absolute atomic E-state index is 0.0176. The van der Waals surface area contributed by atoms with Crippen molar-refractivity contribution in [2.24, 2.45) is 0 Å². The van der Waals surface area contributed by atoms with E-state index in [0.717, 1.165) is 0 Å². The monoisotopic (exact) mass is 147 g/mol. The van der Waals surface area contributed by atoms with Crippen molar-refractivity contribution < 1.29 is 15.3 Å². The highest BCUT2D eigenvalue weighted by molar-refractivity contribution is 4.83. The van der Waals surface area contributed by atoms with Gasteiger partial charge in [0.1, 0.15) is 0 Å². The van der Waals surface area contributed by atoms with Crippen LogP contribution >= 0.6 is 0 Å². The molecule has 1 aliphatic rings. The van der Waals surface area contributed by atoms with Crippen molar-refractivity contribution in [1.29, 1.82) is 0 Å². The Bertz CT molecular complexity index is 109. The minimum Gasteiger partial charge on any atom is -0.395 e. The fourth-order valence-corrected chi connectivity index (χ4v) is 1.09. The molecular formula is C6H13NO3. The maximum absolute atomic E-state index is 9.08. The third-order valence-corrected chi connectivity index (χ3v) is 1.81. The van der Waals surface area contributed by atoms with E-state index >= 15 is 0 Å². The van der Waals surface area contributed by atoms with Gasteiger partial charge in [-0.25, -0.2) is 0 Å². The average Bonchev–Trinajstić information content (AvgIpc) is 1.95. The summed E-state index contributed by atoms with van der Waals surface area (Å²) in [4.78, 5) is 0. The van der Waals surface area contributed by atoms with Gasteiger partial charge < -0.3 is 20.6 Å². The Balaban J connectivity index is 2.33. The van der Waals surface area contributed by atoms with Crippen LogP contribution in [0.25, 0.3) is 0 Å². The first kappa shape index (κ1) is 7.94. The highest BCUT2D eigenvalue weighted by Gasteiger charge is 2.25. The van der Waals surface area contributed by atoms with Crippen LogP contribution in [-0.4, -0.2) is 46.7 Å². The predicted molar refractivity (Wildman–Crippen MR) is 35.5 cm³/mol. The van der Waals surface area contributed by atoms with E-state index in [-0.39, 0.29) is 12.6 Å². The molecule has 1 rings (SSSR count). The molecule has 0 aromatic carbocycles. The first-order valence-electron chi connectivity index (χ1n) is 3.44. The summed E-state index contributed by atoms with van der Waals surface area (Å²) < 4.78 is 0. The lowest BCUT2D eigenvalue weighted by Crippen LogP contribution is -2.50. The molecule has 0 aliphatic carbocycles. The molecule has 0 saturated carbocycles. The Hall–Kier alpha value is -0.160. The first-order chi connectivity index (χ1) is 4.74. The third kappa shape index (κ3) is 1.67. The smallest absolute Gasteiger partial charge is 0.0923 e. The molecule has 4 heteroatoms. The number of hydrogen-bond acceptors (Lipinski definition) is 4. The van der Waals surface area contributed by atoms with Crippen LogP contribution < -0.4 is 5.32 Å². The van der Waals surface area contributed by atoms with Gasteiger partial charge in [-0.1, -0.05) is 0 Å². The van der Waals surface area contributed by atoms with Crippen LogP contribution in [0.15, 0.2) is 0 Å². The number of β-amino-alcohol motifs (C(OH)–C–C–N with tert-alkyl or cyclic N) is 1. The number of piperidine rings is 1. The van der Waals surface area contributed by atoms with Crippen molar-refractivity contribution in [1.82, 2.24) is 5.32 Å². The molecule has 1 fully saturated rings. The first-order valence-corrected chi connectivity index (χ1v) is 3.44. The number of aliphatic hydroxyl groups excluding tert-OH is 3. The van der Waals surface area contributed by atoms with Crippen molar-refractivity contribution in [2.75, 3.05) is 13.2 Å². The van der Waals surface area contributed by atoms with Gasteiger partial charge >= 0.3 is 0 Å². The van der Waals surface area contributed by atoms with E-state index in [1.807, 2.05) is 0 Å². The van der Waals surface area contributed by atoms with Crippen LogP contribution in [0, 0.1) is 0 Å². The van der Waals surface area contributed by atoms with Crippen molar-refractivity contribution in [3.8, 4) is 0 Å². The van der Waals surface area contributed by atoms with E-state index in [9.17, 15) is 0 Å². The van der Waals surface area contributed by atoms with Crippen LogP contribution in [0.4, 0.5) is 0 Å². The van der Waals surface area contributed by atoms with Crippen molar-refractivity contribution in [2.45, 2.75) is 24.7 Å². The van der Waals surface area contributed by atoms with Gasteiger partial charge in [0.25, 0.3) is 0 Å². The van der Waals surface area contributed by atoms with E-state index < -0.39 is 12.2 Å². The second kappa shape index (κ2) is 3.30. The van der Waals surface area contributed by atoms with Gasteiger partial charge in [0.05, 0.1) is 18.8 Å². The molecule has 0 unspecified atom stereocenters. The van der Waals surface area contributed by atoms with E-state index in [2.05, 4.69) is 5.32 Å². The van der Waals surface area contributed by atoms with E-state index in [1.165, 1.54) is 0 Å². The maximum Gasteiger partial charge on any atom is 0.0923 e. The van der Waals surface area contributed by atoms with Gasteiger partial charge in [-0.05, 0) is 6.42 Å². The second-order valence-corrected chi connectivity index (χ2v) is 2.66. The molecule has 0 radical (unpaired) electrons. The van der Waals surface area contributed by atoms with Crippen LogP contribution in [-0.2, 0) is 0 Å². The Kier molecular flexibility index (Phi) is 2.62. The number of hydrogen-bond donors (Lipinski definition) is 4. The second-order valence-electron chi connectivity index (χ2n) is 2.66. The van der Waals surface area contributed by atoms with Gasteiger partial charge in [-0.3, -0.25) is 0 Å². The summed E-state index contributed by atoms with van der Waals surface area (Å²) >= 11 is 0. The topological polar surface area (TPSA) is 72.7 Å². The van der Waals surface area contributed by atoms with Crippen molar-refractivity contribution in [3.05, 3.63) is 0 Å². The molecule has 0 spiro atoms. The SMILES string of the molecule is OC[C@@H]1C[C@H](O)[C@@H](O)CN1. The molecule has 10 heavy (non-hydrogen) atoms. The summed E-state index contributed by atoms with van der Waals surface area (Å²) in [6, 6.07) is -0.0570. The molecule has 0 aromatic rings. The van der Waals surface area contributed by atoms with Crippen molar-refractivity contribution >= 4 is 0 Å². The maximum atomic E-state index is 9.08. The summed E-state index contributed by atoms with van der Waals surface area (Å²) in [5, 5.41) is 29.6. The van der Waals surface area contributed by atoms with Crippen molar-refractivity contribution in [3.63, 3.8) is 0 Å². The standard InChI is InChI=1S/C6H13NO3/c8-3-4-1-5(9)6(10)2-7-4/h4-10H,1-3H2/t4-,5-,6-/m0/s1. The van der Waals surface area contributed by atoms with Crippen LogP contribution in [0.3, 0.4) is 0 Å². The molecule has 0 aromatic heterocycles. The zero-order chi connectivity index (χ0) is 7.56. The average molecular weight is 147 g/mol. The summed E-state index contributed by atoms with van der Waals surface area (Å²) in [5.41, 5.74) is 0. The normalized spacial score (nSPS) is 41.7. The summed E-state index contributed by atoms with van der Waals surface area (Å²) in [5.74, 6) is 0. The largest absolute Gasteiger partial charge is 0.395 e. The van der Waals surface area contributed by atoms with Gasteiger partial charge in [-0.2, -0.15) is 0 Å². The quantitative estimate of drug-likeness (QED) is 0.348. The molecule has 1 aliphatic heterocycles. The lowest BCUT2D eigenvalue weighted by Gasteiger charge is -2.29. The molecule has 60 valence electrons. The van der Waals surface area contributed by atoms with E-state index in [4.69, 9.17) is 15.3 Å². The molecule has 0 amide bonds. The molecule has 1 heterocycles. The van der Waals surface area contributed by atoms with Gasteiger partial charge in [-0.15, -0.1) is 0 Å². The minimum atomic E-state index is -0.682. The number of nitrogens with one attached hydrogen (secondary N) is 1. The fourth-order valence-electron chi connectivity index (χ4n) is 1.09. The molecule has 4 N–H and O–H groups in total. The highest BCUT2D eigenvalue weighted by atomic mass is 16.3. The number of rotatable bonds is 1. The lowest BCUT2D eigenvalue weighted by molar-refractivity contribution is -0.0185. The Morgan fingerprint density at radius 2 is 2.00 bits per heavy atom. The van der Waals surface area contributed by atoms with Gasteiger partial charge in [0, 0.05) is 12.6 Å². The fraction of sp³-hybridized carbons (Fsp3) is 1.00. The molecule has 3 atom stereocenters. The summed E-state index contributed by atoms with van der Waals surface area (Å²) in [6.45, 7) is 0.385. The zero-order valence-electron chi connectivity index (χ0n) is 5.70. The Morgan fingerprint density at radius 3 is 2.50 bits per heavy atom. The predicted octanol–water partition coefficient (Wildman–Crippen LogP) is -1.94. The Morgan fingerprint density at radius 1 is 1.30 bits per heavy atom. The van der Waals surface area contributed by atoms with Crippen LogP contribution in [0.1, 0.15) is 6.42 Å². The molecule has 0 bridgehead atoms. The summed E-state index contributed by atoms with van der Waals surface area (Å²) in [6.07, 6.45) is -0.932. The van der Waals surface area contributed by atoms with Gasteiger partial charge in [0.2, 0.25) is 0 Å². The van der Waals surface area contributed by atoms with Gasteiger partial charge in [0.15, 0.2) is 0 Å². The number of aliphatic hydroxyl groups is 3. The van der Waals surface area contributed by atoms with Crippen LogP contribution in [0.5, 0.6) is 0 Å². The van der Waals surface area contributed by atoms with E-state index in [1.54, 1.807) is 0 Å². The van der Waals surface area contributed by atoms with E-state index in [0.29, 0.717) is 13.0 Å². The zero-order valence-corrected chi connectivity index (χ0v) is 5.70.